The molecule has 3 rings (SSSR count). The van der Waals surface area contributed by atoms with E-state index >= 15 is 0 Å². The Kier molecular flexibility index (Phi) is 3.92. The Morgan fingerprint density at radius 1 is 1.28 bits per heavy atom. The number of nitrogens with zero attached hydrogens (tertiary/aromatic N) is 1. The molecule has 0 saturated carbocycles. The zero-order valence-electron chi connectivity index (χ0n) is 11.1. The van der Waals surface area contributed by atoms with Crippen molar-refractivity contribution in [3.05, 3.63) is 29.8 Å². The van der Waals surface area contributed by atoms with E-state index in [4.69, 9.17) is 0 Å². The maximum Gasteiger partial charge on any atom is 0.0428 e. The molecule has 1 N–H and O–H groups in total. The van der Waals surface area contributed by atoms with Gasteiger partial charge in [-0.05, 0) is 44.1 Å². The summed E-state index contributed by atoms with van der Waals surface area (Å²) >= 11 is 2.00. The summed E-state index contributed by atoms with van der Waals surface area (Å²) in [7, 11) is 0. The predicted molar refractivity (Wildman–Crippen MR) is 78.2 cm³/mol. The first-order chi connectivity index (χ1) is 8.86. The van der Waals surface area contributed by atoms with E-state index in [0.29, 0.717) is 12.1 Å². The summed E-state index contributed by atoms with van der Waals surface area (Å²) in [5.74, 6) is 1.20. The van der Waals surface area contributed by atoms with Crippen LogP contribution in [0.15, 0.2) is 29.2 Å². The molecule has 2 aliphatic heterocycles. The third kappa shape index (κ3) is 2.58. The lowest BCUT2D eigenvalue weighted by Crippen LogP contribution is -2.43. The van der Waals surface area contributed by atoms with Crippen LogP contribution >= 0.6 is 11.8 Å². The molecule has 98 valence electrons. The molecule has 1 saturated heterocycles. The first-order valence-corrected chi connectivity index (χ1v) is 8.05. The van der Waals surface area contributed by atoms with Crippen molar-refractivity contribution in [3.8, 4) is 0 Å². The van der Waals surface area contributed by atoms with Crippen molar-refractivity contribution in [2.45, 2.75) is 36.7 Å². The average molecular weight is 262 g/mol. The quantitative estimate of drug-likeness (QED) is 0.901. The maximum atomic E-state index is 3.87. The van der Waals surface area contributed by atoms with Gasteiger partial charge in [-0.3, -0.25) is 0 Å². The Labute approximate surface area is 114 Å². The van der Waals surface area contributed by atoms with Crippen molar-refractivity contribution < 1.29 is 0 Å². The van der Waals surface area contributed by atoms with Gasteiger partial charge in [0.25, 0.3) is 0 Å². The van der Waals surface area contributed by atoms with E-state index < -0.39 is 0 Å². The van der Waals surface area contributed by atoms with Gasteiger partial charge in [-0.15, -0.1) is 11.8 Å². The second kappa shape index (κ2) is 5.64. The largest absolute Gasteiger partial charge is 0.306 e. The molecule has 1 aromatic carbocycles. The molecule has 0 radical (unpaired) electrons. The number of nitrogens with one attached hydrogen (secondary N) is 1. The van der Waals surface area contributed by atoms with Crippen molar-refractivity contribution in [1.82, 2.24) is 10.2 Å². The molecule has 2 nitrogen and oxygen atoms in total. The normalized spacial score (nSPS) is 25.3. The van der Waals surface area contributed by atoms with Crippen LogP contribution in [-0.2, 0) is 0 Å². The minimum Gasteiger partial charge on any atom is -0.306 e. The molecular weight excluding hydrogens is 240 g/mol. The van der Waals surface area contributed by atoms with Gasteiger partial charge >= 0.3 is 0 Å². The van der Waals surface area contributed by atoms with Crippen LogP contribution in [0, 0.1) is 0 Å². The van der Waals surface area contributed by atoms with E-state index in [9.17, 15) is 0 Å². The molecule has 0 spiro atoms. The van der Waals surface area contributed by atoms with Crippen molar-refractivity contribution in [2.24, 2.45) is 0 Å². The fourth-order valence-electron chi connectivity index (χ4n) is 3.00. The number of fused-ring (bicyclic) bond motifs is 1. The molecule has 0 bridgehead atoms. The highest BCUT2D eigenvalue weighted by Gasteiger charge is 2.26. The Bertz CT molecular complexity index is 399. The Morgan fingerprint density at radius 2 is 2.06 bits per heavy atom. The first-order valence-electron chi connectivity index (χ1n) is 7.07. The van der Waals surface area contributed by atoms with E-state index in [-0.39, 0.29) is 0 Å². The van der Waals surface area contributed by atoms with Crippen LogP contribution in [0.4, 0.5) is 0 Å². The molecule has 0 amide bonds. The molecule has 1 aromatic rings. The van der Waals surface area contributed by atoms with Crippen molar-refractivity contribution >= 4 is 11.8 Å². The van der Waals surface area contributed by atoms with Crippen molar-refractivity contribution in [2.75, 3.05) is 25.4 Å². The van der Waals surface area contributed by atoms with Crippen LogP contribution in [0.5, 0.6) is 0 Å². The minimum absolute atomic E-state index is 0.573. The highest BCUT2D eigenvalue weighted by atomic mass is 32.2. The van der Waals surface area contributed by atoms with Crippen LogP contribution in [0.25, 0.3) is 0 Å². The van der Waals surface area contributed by atoms with Gasteiger partial charge in [0.15, 0.2) is 0 Å². The van der Waals surface area contributed by atoms with E-state index in [1.807, 2.05) is 11.8 Å². The molecule has 0 aliphatic carbocycles. The molecule has 2 heterocycles. The highest BCUT2D eigenvalue weighted by molar-refractivity contribution is 7.99. The van der Waals surface area contributed by atoms with Crippen LogP contribution in [-0.4, -0.2) is 36.3 Å². The van der Waals surface area contributed by atoms with Gasteiger partial charge in [-0.1, -0.05) is 25.1 Å². The monoisotopic (exact) mass is 262 g/mol. The van der Waals surface area contributed by atoms with E-state index in [0.717, 1.165) is 0 Å². The van der Waals surface area contributed by atoms with E-state index in [2.05, 4.69) is 41.4 Å². The van der Waals surface area contributed by atoms with Crippen molar-refractivity contribution in [3.63, 3.8) is 0 Å². The maximum absolute atomic E-state index is 3.87. The third-order valence-electron chi connectivity index (χ3n) is 4.17. The average Bonchev–Trinajstić information content (AvgIpc) is 2.83. The number of hydrogen-bond donors (Lipinski definition) is 1. The first kappa shape index (κ1) is 12.5. The van der Waals surface area contributed by atoms with Gasteiger partial charge < -0.3 is 10.2 Å². The fourth-order valence-corrected chi connectivity index (χ4v) is 4.17. The lowest BCUT2D eigenvalue weighted by atomic mass is 10.0. The second-order valence-electron chi connectivity index (χ2n) is 5.28. The molecule has 1 fully saturated rings. The summed E-state index contributed by atoms with van der Waals surface area (Å²) in [6.45, 7) is 5.98. The predicted octanol–water partition coefficient (Wildman–Crippen LogP) is 2.91. The zero-order chi connectivity index (χ0) is 12.4. The molecule has 18 heavy (non-hydrogen) atoms. The van der Waals surface area contributed by atoms with Gasteiger partial charge in [-0.25, -0.2) is 0 Å². The van der Waals surface area contributed by atoms with Gasteiger partial charge in [-0.2, -0.15) is 0 Å². The number of rotatable bonds is 3. The van der Waals surface area contributed by atoms with Gasteiger partial charge in [0, 0.05) is 22.7 Å². The highest BCUT2D eigenvalue weighted by Crippen LogP contribution is 2.38. The van der Waals surface area contributed by atoms with E-state index in [1.54, 1.807) is 0 Å². The van der Waals surface area contributed by atoms with Crippen LogP contribution in [0.3, 0.4) is 0 Å². The smallest absolute Gasteiger partial charge is 0.0428 e. The number of likely N-dealkylation sites (tertiary alicyclic amines) is 1. The van der Waals surface area contributed by atoms with E-state index in [1.165, 1.54) is 48.7 Å². The Balaban J connectivity index is 1.59. The molecule has 1 atom stereocenters. The lowest BCUT2D eigenvalue weighted by molar-refractivity contribution is 0.201. The third-order valence-corrected chi connectivity index (χ3v) is 5.35. The second-order valence-corrected chi connectivity index (χ2v) is 6.34. The number of piperidine rings is 1. The molecule has 2 aliphatic rings. The standard InChI is InChI=1S/C15H22N2S/c1-2-17-9-7-12(8-10-17)16-14-11-18-15-6-4-3-5-13(14)15/h3-6,12,14,16H,2,7-11H2,1H3. The van der Waals surface area contributed by atoms with Crippen molar-refractivity contribution in [1.29, 1.82) is 0 Å². The summed E-state index contributed by atoms with van der Waals surface area (Å²) in [4.78, 5) is 4.02. The zero-order valence-corrected chi connectivity index (χ0v) is 11.9. The molecule has 1 unspecified atom stereocenters. The Morgan fingerprint density at radius 3 is 2.83 bits per heavy atom. The van der Waals surface area contributed by atoms with Crippen LogP contribution in [0.2, 0.25) is 0 Å². The summed E-state index contributed by atoms with van der Waals surface area (Å²) < 4.78 is 0. The topological polar surface area (TPSA) is 15.3 Å². The molecule has 0 aromatic heterocycles. The summed E-state index contributed by atoms with van der Waals surface area (Å²) in [6.07, 6.45) is 2.61. The number of thioether (sulfide) groups is 1. The fraction of sp³-hybridized carbons (Fsp3) is 0.600. The SMILES string of the molecule is CCN1CCC(NC2CSc3ccccc32)CC1. The summed E-state index contributed by atoms with van der Waals surface area (Å²) in [5, 5.41) is 3.87. The van der Waals surface area contributed by atoms with Crippen LogP contribution in [0.1, 0.15) is 31.4 Å². The molecular formula is C15H22N2S. The van der Waals surface area contributed by atoms with Gasteiger partial charge in [0.1, 0.15) is 0 Å². The molecule has 3 heteroatoms. The minimum atomic E-state index is 0.573. The summed E-state index contributed by atoms with van der Waals surface area (Å²) in [6, 6.07) is 10.1. The summed E-state index contributed by atoms with van der Waals surface area (Å²) in [5.41, 5.74) is 1.51. The van der Waals surface area contributed by atoms with Gasteiger partial charge in [0.05, 0.1) is 0 Å². The lowest BCUT2D eigenvalue weighted by Gasteiger charge is -2.33. The number of hydrogen-bond acceptors (Lipinski definition) is 3. The van der Waals surface area contributed by atoms with Gasteiger partial charge in [0.2, 0.25) is 0 Å². The van der Waals surface area contributed by atoms with Crippen LogP contribution < -0.4 is 5.32 Å². The Hall–Kier alpha value is -0.510. The number of benzene rings is 1.